The van der Waals surface area contributed by atoms with Gasteiger partial charge in [-0.05, 0) is 6.07 Å². The van der Waals surface area contributed by atoms with Crippen LogP contribution in [0.25, 0.3) is 0 Å². The fraction of sp³-hybridized carbons (Fsp3) is 0.400. The van der Waals surface area contributed by atoms with Gasteiger partial charge in [0.05, 0.1) is 0 Å². The highest BCUT2D eigenvalue weighted by atomic mass is 15.0. The van der Waals surface area contributed by atoms with Crippen LogP contribution in [0.5, 0.6) is 0 Å². The molecule has 1 heterocycles. The molecule has 0 aromatic heterocycles. The Kier molecular flexibility index (Phi) is 5.25. The molecule has 1 aliphatic rings. The first kappa shape index (κ1) is 9.23. The average Bonchev–Trinajstić information content (AvgIpc) is 2.24. The number of piperazine rings is 1. The minimum atomic E-state index is 1.14. The lowest BCUT2D eigenvalue weighted by molar-refractivity contribution is 0.534. The molecule has 2 rings (SSSR count). The third-order valence-electron chi connectivity index (χ3n) is 1.56. The lowest BCUT2D eigenvalue weighted by Gasteiger charge is -2.11. The van der Waals surface area contributed by atoms with Crippen molar-refractivity contribution < 1.29 is 0 Å². The van der Waals surface area contributed by atoms with Crippen molar-refractivity contribution in [1.29, 1.82) is 0 Å². The second kappa shape index (κ2) is 6.83. The molecule has 65 valence electrons. The van der Waals surface area contributed by atoms with Crippen molar-refractivity contribution in [2.45, 2.75) is 0 Å². The van der Waals surface area contributed by atoms with Crippen molar-refractivity contribution in [3.8, 4) is 0 Å². The zero-order chi connectivity index (χ0) is 8.49. The summed E-state index contributed by atoms with van der Waals surface area (Å²) in [7, 11) is 0. The molecule has 1 fully saturated rings. The predicted molar refractivity (Wildman–Crippen MR) is 51.0 cm³/mol. The highest BCUT2D eigenvalue weighted by Crippen LogP contribution is 1.78. The van der Waals surface area contributed by atoms with Gasteiger partial charge in [-0.3, -0.25) is 0 Å². The van der Waals surface area contributed by atoms with Gasteiger partial charge in [0.25, 0.3) is 0 Å². The zero-order valence-electron chi connectivity index (χ0n) is 7.22. The lowest BCUT2D eigenvalue weighted by Crippen LogP contribution is -2.39. The van der Waals surface area contributed by atoms with Crippen molar-refractivity contribution >= 4 is 0 Å². The second-order valence-electron chi connectivity index (χ2n) is 2.58. The van der Waals surface area contributed by atoms with Crippen molar-refractivity contribution in [2.24, 2.45) is 0 Å². The summed E-state index contributed by atoms with van der Waals surface area (Å²) in [6.07, 6.45) is 0. The smallest absolute Gasteiger partial charge is 0.00772 e. The van der Waals surface area contributed by atoms with Crippen LogP contribution >= 0.6 is 0 Å². The van der Waals surface area contributed by atoms with Gasteiger partial charge < -0.3 is 10.6 Å². The van der Waals surface area contributed by atoms with Gasteiger partial charge in [-0.2, -0.15) is 0 Å². The summed E-state index contributed by atoms with van der Waals surface area (Å²) in [5.74, 6) is 0. The number of hydrogen-bond donors (Lipinski definition) is 2. The second-order valence-corrected chi connectivity index (χ2v) is 2.58. The molecule has 1 aromatic rings. The topological polar surface area (TPSA) is 24.1 Å². The molecule has 2 N–H and O–H groups in total. The van der Waals surface area contributed by atoms with E-state index in [2.05, 4.69) is 16.7 Å². The minimum absolute atomic E-state index is 1.14. The molecule has 0 bridgehead atoms. The largest absolute Gasteiger partial charge is 0.314 e. The monoisotopic (exact) mass is 163 g/mol. The SMILES string of the molecule is C1CNCCN1.[c]1ccccc1. The van der Waals surface area contributed by atoms with Crippen molar-refractivity contribution in [3.05, 3.63) is 36.4 Å². The quantitative estimate of drug-likeness (QED) is 0.587. The third kappa shape index (κ3) is 4.88. The number of benzene rings is 1. The molecule has 0 spiro atoms. The molecule has 12 heavy (non-hydrogen) atoms. The summed E-state index contributed by atoms with van der Waals surface area (Å²) in [6, 6.07) is 12.5. The number of rotatable bonds is 0. The van der Waals surface area contributed by atoms with Gasteiger partial charge in [0.2, 0.25) is 0 Å². The predicted octanol–water partition coefficient (Wildman–Crippen LogP) is 0.666. The van der Waals surface area contributed by atoms with E-state index in [1.165, 1.54) is 0 Å². The Hall–Kier alpha value is -0.860. The molecule has 0 atom stereocenters. The fourth-order valence-electron chi connectivity index (χ4n) is 0.945. The molecule has 2 nitrogen and oxygen atoms in total. The Morgan fingerprint density at radius 2 is 1.25 bits per heavy atom. The molecular weight excluding hydrogens is 148 g/mol. The summed E-state index contributed by atoms with van der Waals surface area (Å²) in [5.41, 5.74) is 0. The summed E-state index contributed by atoms with van der Waals surface area (Å²) in [6.45, 7) is 4.56. The van der Waals surface area contributed by atoms with Crippen LogP contribution in [0, 0.1) is 6.07 Å². The van der Waals surface area contributed by atoms with Crippen LogP contribution in [0.2, 0.25) is 0 Å². The molecule has 0 aliphatic carbocycles. The zero-order valence-corrected chi connectivity index (χ0v) is 7.22. The molecule has 0 unspecified atom stereocenters. The first-order valence-electron chi connectivity index (χ1n) is 4.32. The van der Waals surface area contributed by atoms with Crippen LogP contribution in [0.4, 0.5) is 0 Å². The van der Waals surface area contributed by atoms with Crippen molar-refractivity contribution in [2.75, 3.05) is 26.2 Å². The molecule has 1 aliphatic heterocycles. The van der Waals surface area contributed by atoms with E-state index in [0.29, 0.717) is 0 Å². The van der Waals surface area contributed by atoms with E-state index in [-0.39, 0.29) is 0 Å². The summed E-state index contributed by atoms with van der Waals surface area (Å²) in [5, 5.41) is 6.44. The molecule has 2 heteroatoms. The van der Waals surface area contributed by atoms with Crippen LogP contribution in [0.1, 0.15) is 0 Å². The van der Waals surface area contributed by atoms with E-state index in [4.69, 9.17) is 0 Å². The first-order chi connectivity index (χ1) is 6.00. The van der Waals surface area contributed by atoms with E-state index < -0.39 is 0 Å². The van der Waals surface area contributed by atoms with E-state index >= 15 is 0 Å². The standard InChI is InChI=1S/C6H5.C4H10N2/c1-2-4-6-5-3-1;1-2-6-4-3-5-1/h1-5H;5-6H,1-4H2. The maximum absolute atomic E-state index is 3.22. The van der Waals surface area contributed by atoms with Gasteiger partial charge in [0, 0.05) is 26.2 Å². The Balaban J connectivity index is 0.000000120. The van der Waals surface area contributed by atoms with Crippen LogP contribution < -0.4 is 10.6 Å². The number of hydrogen-bond acceptors (Lipinski definition) is 2. The summed E-state index contributed by atoms with van der Waals surface area (Å²) in [4.78, 5) is 0. The highest BCUT2D eigenvalue weighted by molar-refractivity contribution is 4.97. The normalized spacial score (nSPS) is 16.0. The van der Waals surface area contributed by atoms with Crippen molar-refractivity contribution in [3.63, 3.8) is 0 Å². The average molecular weight is 163 g/mol. The van der Waals surface area contributed by atoms with E-state index in [1.54, 1.807) is 0 Å². The highest BCUT2D eigenvalue weighted by Gasteiger charge is 1.91. The first-order valence-corrected chi connectivity index (χ1v) is 4.32. The third-order valence-corrected chi connectivity index (χ3v) is 1.56. The van der Waals surface area contributed by atoms with Crippen LogP contribution in [0.15, 0.2) is 30.3 Å². The summed E-state index contributed by atoms with van der Waals surface area (Å²) >= 11 is 0. The molecule has 1 radical (unpaired) electrons. The maximum Gasteiger partial charge on any atom is 0.00772 e. The molecule has 0 amide bonds. The van der Waals surface area contributed by atoms with Gasteiger partial charge in [0.1, 0.15) is 0 Å². The van der Waals surface area contributed by atoms with Gasteiger partial charge in [-0.15, -0.1) is 0 Å². The van der Waals surface area contributed by atoms with Gasteiger partial charge >= 0.3 is 0 Å². The van der Waals surface area contributed by atoms with Crippen LogP contribution in [-0.2, 0) is 0 Å². The van der Waals surface area contributed by atoms with Crippen LogP contribution in [-0.4, -0.2) is 26.2 Å². The summed E-state index contributed by atoms with van der Waals surface area (Å²) < 4.78 is 0. The fourth-order valence-corrected chi connectivity index (χ4v) is 0.945. The maximum atomic E-state index is 3.22. The van der Waals surface area contributed by atoms with Crippen molar-refractivity contribution in [1.82, 2.24) is 10.6 Å². The Morgan fingerprint density at radius 3 is 1.42 bits per heavy atom. The van der Waals surface area contributed by atoms with Gasteiger partial charge in [-0.1, -0.05) is 30.3 Å². The Labute approximate surface area is 74.0 Å². The van der Waals surface area contributed by atoms with Crippen LogP contribution in [0.3, 0.4) is 0 Å². The minimum Gasteiger partial charge on any atom is -0.314 e. The molecule has 1 aromatic carbocycles. The lowest BCUT2D eigenvalue weighted by atomic mass is 10.4. The Bertz CT molecular complexity index is 132. The van der Waals surface area contributed by atoms with E-state index in [0.717, 1.165) is 26.2 Å². The molecular formula is C10H15N2. The van der Waals surface area contributed by atoms with Gasteiger partial charge in [0.15, 0.2) is 0 Å². The molecule has 1 saturated heterocycles. The Morgan fingerprint density at radius 1 is 0.750 bits per heavy atom. The van der Waals surface area contributed by atoms with E-state index in [9.17, 15) is 0 Å². The van der Waals surface area contributed by atoms with Gasteiger partial charge in [-0.25, -0.2) is 0 Å². The molecule has 0 saturated carbocycles. The van der Waals surface area contributed by atoms with E-state index in [1.807, 2.05) is 30.3 Å². The number of nitrogens with one attached hydrogen (secondary N) is 2.